The molecule has 0 fully saturated rings. The Morgan fingerprint density at radius 2 is 1.39 bits per heavy atom. The van der Waals surface area contributed by atoms with Crippen LogP contribution in [0.3, 0.4) is 0 Å². The second kappa shape index (κ2) is 15.1. The summed E-state index contributed by atoms with van der Waals surface area (Å²) in [6.07, 6.45) is 0.247. The van der Waals surface area contributed by atoms with Crippen molar-refractivity contribution in [3.8, 4) is 5.75 Å². The number of hydrogen-bond donors (Lipinski definition) is 1. The normalized spacial score (nSPS) is 12.2. The van der Waals surface area contributed by atoms with Crippen molar-refractivity contribution in [3.63, 3.8) is 0 Å². The number of sulfonamides is 1. The van der Waals surface area contributed by atoms with Crippen LogP contribution in [-0.2, 0) is 32.6 Å². The van der Waals surface area contributed by atoms with Gasteiger partial charge in [0.1, 0.15) is 18.3 Å². The molecule has 0 heterocycles. The lowest BCUT2D eigenvalue weighted by atomic mass is 10.0. The highest BCUT2D eigenvalue weighted by molar-refractivity contribution is 7.92. The first-order valence-corrected chi connectivity index (χ1v) is 16.8. The second-order valence-electron chi connectivity index (χ2n) is 12.2. The van der Waals surface area contributed by atoms with Crippen LogP contribution in [0.25, 0.3) is 0 Å². The van der Waals surface area contributed by atoms with Crippen LogP contribution in [0.5, 0.6) is 5.75 Å². The van der Waals surface area contributed by atoms with E-state index in [1.54, 1.807) is 42.5 Å². The first kappa shape index (κ1) is 34.2. The van der Waals surface area contributed by atoms with E-state index in [9.17, 15) is 18.0 Å². The molecule has 0 aliphatic carbocycles. The number of nitrogens with zero attached hydrogens (tertiary/aromatic N) is 2. The van der Waals surface area contributed by atoms with Gasteiger partial charge in [-0.3, -0.25) is 13.9 Å². The Morgan fingerprint density at radius 3 is 1.96 bits per heavy atom. The van der Waals surface area contributed by atoms with Crippen molar-refractivity contribution >= 4 is 27.5 Å². The molecule has 1 atom stereocenters. The van der Waals surface area contributed by atoms with Crippen molar-refractivity contribution in [1.29, 1.82) is 0 Å². The molecule has 46 heavy (non-hydrogen) atoms. The third-order valence-corrected chi connectivity index (χ3v) is 9.08. The molecule has 4 rings (SSSR count). The summed E-state index contributed by atoms with van der Waals surface area (Å²) in [7, 11) is -4.20. The van der Waals surface area contributed by atoms with Crippen LogP contribution >= 0.6 is 0 Å². The summed E-state index contributed by atoms with van der Waals surface area (Å²) in [5, 5.41) is 3.05. The number of ether oxygens (including phenoxy) is 1. The SMILES string of the molecule is CCOc1ccc(S(=O)(=O)N(CC(=O)N(Cc2ccc(C)cc2)[C@H](Cc2ccccc2)C(=O)NC(C)(C)C)c2ccccc2)cc1. The summed E-state index contributed by atoms with van der Waals surface area (Å²) in [5.74, 6) is -0.289. The van der Waals surface area contributed by atoms with Gasteiger partial charge in [0.25, 0.3) is 10.0 Å². The summed E-state index contributed by atoms with van der Waals surface area (Å²) >= 11 is 0. The average Bonchev–Trinajstić information content (AvgIpc) is 3.03. The van der Waals surface area contributed by atoms with Gasteiger partial charge in [0.05, 0.1) is 17.2 Å². The molecule has 4 aromatic rings. The predicted molar refractivity (Wildman–Crippen MR) is 182 cm³/mol. The molecule has 4 aromatic carbocycles. The monoisotopic (exact) mass is 641 g/mol. The summed E-state index contributed by atoms with van der Waals surface area (Å²) < 4.78 is 35.0. The molecule has 0 bridgehead atoms. The molecule has 0 unspecified atom stereocenters. The van der Waals surface area contributed by atoms with Gasteiger partial charge in [-0.05, 0) is 82.1 Å². The van der Waals surface area contributed by atoms with Gasteiger partial charge < -0.3 is 15.0 Å². The lowest BCUT2D eigenvalue weighted by Gasteiger charge is -2.35. The van der Waals surface area contributed by atoms with Gasteiger partial charge in [-0.15, -0.1) is 0 Å². The Kier molecular flexibility index (Phi) is 11.2. The van der Waals surface area contributed by atoms with Gasteiger partial charge in [0.15, 0.2) is 0 Å². The highest BCUT2D eigenvalue weighted by atomic mass is 32.2. The van der Waals surface area contributed by atoms with Crippen molar-refractivity contribution in [3.05, 3.63) is 126 Å². The molecule has 242 valence electrons. The van der Waals surface area contributed by atoms with E-state index in [2.05, 4.69) is 5.32 Å². The van der Waals surface area contributed by atoms with Crippen LogP contribution in [0.1, 0.15) is 44.4 Å². The standard InChI is InChI=1S/C37H43N3O5S/c1-6-45-32-21-23-33(24-22-32)46(43,44)40(31-15-11-8-12-16-31)27-35(41)39(26-30-19-17-28(2)18-20-30)34(36(42)38-37(3,4)5)25-29-13-9-7-10-14-29/h7-24,34H,6,25-27H2,1-5H3,(H,38,42)/t34-/m1/s1. The zero-order valence-electron chi connectivity index (χ0n) is 27.1. The van der Waals surface area contributed by atoms with Gasteiger partial charge in [-0.2, -0.15) is 0 Å². The maximum Gasteiger partial charge on any atom is 0.264 e. The average molecular weight is 642 g/mol. The number of benzene rings is 4. The Labute approximate surface area is 273 Å². The van der Waals surface area contributed by atoms with Crippen molar-refractivity contribution in [2.75, 3.05) is 17.5 Å². The topological polar surface area (TPSA) is 96.0 Å². The van der Waals surface area contributed by atoms with Crippen molar-refractivity contribution < 1.29 is 22.7 Å². The minimum Gasteiger partial charge on any atom is -0.494 e. The first-order chi connectivity index (χ1) is 21.9. The minimum atomic E-state index is -4.20. The van der Waals surface area contributed by atoms with Gasteiger partial charge >= 0.3 is 0 Å². The highest BCUT2D eigenvalue weighted by Crippen LogP contribution is 2.26. The fourth-order valence-electron chi connectivity index (χ4n) is 5.02. The van der Waals surface area contributed by atoms with Crippen LogP contribution in [0.15, 0.2) is 114 Å². The number of aryl methyl sites for hydroxylation is 1. The molecule has 0 spiro atoms. The maximum absolute atomic E-state index is 14.5. The fraction of sp³-hybridized carbons (Fsp3) is 0.297. The second-order valence-corrected chi connectivity index (χ2v) is 14.1. The smallest absolute Gasteiger partial charge is 0.264 e. The lowest BCUT2D eigenvalue weighted by Crippen LogP contribution is -2.56. The van der Waals surface area contributed by atoms with Gasteiger partial charge in [0, 0.05) is 18.5 Å². The molecule has 0 radical (unpaired) electrons. The largest absolute Gasteiger partial charge is 0.494 e. The molecule has 0 aliphatic heterocycles. The van der Waals surface area contributed by atoms with Crippen molar-refractivity contribution in [2.45, 2.75) is 64.1 Å². The van der Waals surface area contributed by atoms with E-state index in [0.717, 1.165) is 21.0 Å². The molecule has 0 saturated carbocycles. The summed E-state index contributed by atoms with van der Waals surface area (Å²) in [6.45, 7) is 9.53. The third-order valence-electron chi connectivity index (χ3n) is 7.29. The predicted octanol–water partition coefficient (Wildman–Crippen LogP) is 6.14. The van der Waals surface area contributed by atoms with Crippen LogP contribution in [0.4, 0.5) is 5.69 Å². The van der Waals surface area contributed by atoms with Crippen LogP contribution in [0.2, 0.25) is 0 Å². The van der Waals surface area contributed by atoms with Crippen LogP contribution in [0, 0.1) is 6.92 Å². The molecule has 1 N–H and O–H groups in total. The Bertz CT molecular complexity index is 1690. The van der Waals surface area contributed by atoms with Crippen molar-refractivity contribution in [2.24, 2.45) is 0 Å². The van der Waals surface area contributed by atoms with E-state index in [-0.39, 0.29) is 23.8 Å². The number of carbonyl (C=O) groups is 2. The zero-order valence-corrected chi connectivity index (χ0v) is 28.0. The lowest BCUT2D eigenvalue weighted by molar-refractivity contribution is -0.140. The highest BCUT2D eigenvalue weighted by Gasteiger charge is 2.35. The summed E-state index contributed by atoms with van der Waals surface area (Å²) in [6, 6.07) is 31.0. The van der Waals surface area contributed by atoms with Gasteiger partial charge in [-0.25, -0.2) is 8.42 Å². The number of rotatable bonds is 13. The molecule has 0 aliphatic rings. The number of anilines is 1. The number of amides is 2. The number of para-hydroxylation sites is 1. The van der Waals surface area contributed by atoms with Crippen molar-refractivity contribution in [1.82, 2.24) is 10.2 Å². The van der Waals surface area contributed by atoms with Gasteiger partial charge in [0.2, 0.25) is 11.8 Å². The van der Waals surface area contributed by atoms with E-state index in [0.29, 0.717) is 18.0 Å². The summed E-state index contributed by atoms with van der Waals surface area (Å²) in [5.41, 5.74) is 2.53. The Hall–Kier alpha value is -4.63. The fourth-order valence-corrected chi connectivity index (χ4v) is 6.44. The Balaban J connectivity index is 1.78. The minimum absolute atomic E-state index is 0.0176. The zero-order chi connectivity index (χ0) is 33.3. The number of nitrogens with one attached hydrogen (secondary N) is 1. The molecule has 8 nitrogen and oxygen atoms in total. The number of hydrogen-bond acceptors (Lipinski definition) is 5. The molecular formula is C37H43N3O5S. The van der Waals surface area contributed by atoms with E-state index in [4.69, 9.17) is 4.74 Å². The molecule has 0 saturated heterocycles. The molecular weight excluding hydrogens is 598 g/mol. The first-order valence-electron chi connectivity index (χ1n) is 15.4. The third kappa shape index (κ3) is 9.20. The van der Waals surface area contributed by atoms with Crippen LogP contribution in [-0.4, -0.2) is 49.9 Å². The summed E-state index contributed by atoms with van der Waals surface area (Å²) in [4.78, 5) is 30.0. The quantitative estimate of drug-likeness (QED) is 0.189. The molecule has 9 heteroatoms. The molecule has 0 aromatic heterocycles. The van der Waals surface area contributed by atoms with E-state index < -0.39 is 34.1 Å². The maximum atomic E-state index is 14.5. The van der Waals surface area contributed by atoms with Gasteiger partial charge in [-0.1, -0.05) is 78.4 Å². The van der Waals surface area contributed by atoms with E-state index in [1.807, 2.05) is 89.2 Å². The van der Waals surface area contributed by atoms with E-state index in [1.165, 1.54) is 17.0 Å². The van der Waals surface area contributed by atoms with E-state index >= 15 is 0 Å². The Morgan fingerprint density at radius 1 is 0.804 bits per heavy atom. The molecule has 2 amide bonds. The number of carbonyl (C=O) groups excluding carboxylic acids is 2. The van der Waals surface area contributed by atoms with Crippen LogP contribution < -0.4 is 14.4 Å².